The fourth-order valence-electron chi connectivity index (χ4n) is 6.44. The molecule has 55 heavy (non-hydrogen) atoms. The highest BCUT2D eigenvalue weighted by Gasteiger charge is 2.26. The van der Waals surface area contributed by atoms with Gasteiger partial charge in [0.1, 0.15) is 0 Å². The van der Waals surface area contributed by atoms with Gasteiger partial charge >= 0.3 is 0 Å². The average molecular weight is 799 g/mol. The molecule has 2 aliphatic heterocycles. The average Bonchev–Trinajstić information content (AvgIpc) is 3.73. The first-order valence-corrected chi connectivity index (χ1v) is 20.5. The number of nitrogens with one attached hydrogen (secondary N) is 6. The molecule has 0 aliphatic carbocycles. The third kappa shape index (κ3) is 10.9. The third-order valence-corrected chi connectivity index (χ3v) is 10.9. The number of rotatable bonds is 18. The minimum Gasteiger partial charge on any atom is -0.358 e. The minimum atomic E-state index is -4.26. The zero-order valence-electron chi connectivity index (χ0n) is 31.1. The molecular weight excluding hydrogens is 753 g/mol. The van der Waals surface area contributed by atoms with Crippen LogP contribution in [0.25, 0.3) is 12.2 Å². The van der Waals surface area contributed by atoms with Crippen molar-refractivity contribution in [3.63, 3.8) is 0 Å². The summed E-state index contributed by atoms with van der Waals surface area (Å²) in [5.74, 6) is -2.65. The molecule has 0 atom stereocenters. The lowest BCUT2D eigenvalue weighted by Gasteiger charge is -2.09. The van der Waals surface area contributed by atoms with Crippen molar-refractivity contribution >= 4 is 56.0 Å². The lowest BCUT2D eigenvalue weighted by atomic mass is 9.98. The smallest absolute Gasteiger partial charge is 0.266 e. The Morgan fingerprint density at radius 3 is 1.36 bits per heavy atom. The molecule has 0 bridgehead atoms. The van der Waals surface area contributed by atoms with Gasteiger partial charge in [0, 0.05) is 77.4 Å². The summed E-state index contributed by atoms with van der Waals surface area (Å²) in [6, 6.07) is 0. The molecule has 4 amide bonds. The number of carbonyl (C=O) groups is 4. The van der Waals surface area contributed by atoms with Crippen molar-refractivity contribution in [3.8, 4) is 0 Å². The standard InChI is InChI=1S/C37H46N6O10S2/c1-7-24-22(5)36(46)42-30(24)17-28-20(3)26(9-11-34(44)38-13-15-54(48,49)50)32(40-28)19-33-27(10-12-35(45)39-14-16-55(51,52)53)21(4)29(41-33)18-31-25(8-2)23(6)37(47)43-31/h7-8,17-18,40-41H,1-2,9-16,19H2,3-6H3,(H,38,44)(H,39,45)(H,42,46)(H,43,47)(H,48,49,50)(H,51,52,53)/b30-17-,31-18-. The zero-order valence-corrected chi connectivity index (χ0v) is 32.7. The van der Waals surface area contributed by atoms with Gasteiger partial charge in [-0.25, -0.2) is 0 Å². The molecule has 16 nitrogen and oxygen atoms in total. The van der Waals surface area contributed by atoms with Gasteiger partial charge in [0.15, 0.2) is 0 Å². The van der Waals surface area contributed by atoms with Crippen molar-refractivity contribution in [1.82, 2.24) is 31.2 Å². The summed E-state index contributed by atoms with van der Waals surface area (Å²) in [6.45, 7) is 14.2. The van der Waals surface area contributed by atoms with Gasteiger partial charge in [-0.05, 0) is 74.9 Å². The van der Waals surface area contributed by atoms with Crippen LogP contribution in [0, 0.1) is 13.8 Å². The molecule has 8 N–H and O–H groups in total. The van der Waals surface area contributed by atoms with E-state index in [1.807, 2.05) is 13.8 Å². The Bertz CT molecular complexity index is 2140. The van der Waals surface area contributed by atoms with Crippen molar-refractivity contribution in [1.29, 1.82) is 0 Å². The summed E-state index contributed by atoms with van der Waals surface area (Å²) in [7, 11) is -8.53. The molecule has 0 spiro atoms. The molecule has 2 aromatic rings. The predicted octanol–water partition coefficient (Wildman–Crippen LogP) is 2.37. The summed E-state index contributed by atoms with van der Waals surface area (Å²) in [6.07, 6.45) is 7.40. The number of aromatic nitrogens is 2. The Labute approximate surface area is 319 Å². The van der Waals surface area contributed by atoms with Crippen LogP contribution < -0.4 is 21.3 Å². The Morgan fingerprint density at radius 1 is 0.673 bits per heavy atom. The first-order chi connectivity index (χ1) is 25.7. The number of aromatic amines is 2. The predicted molar refractivity (Wildman–Crippen MR) is 207 cm³/mol. The second kappa shape index (κ2) is 17.4. The largest absolute Gasteiger partial charge is 0.358 e. The number of hydrogen-bond acceptors (Lipinski definition) is 8. The van der Waals surface area contributed by atoms with E-state index in [-0.39, 0.29) is 57.0 Å². The van der Waals surface area contributed by atoms with Crippen LogP contribution in [0.1, 0.15) is 71.7 Å². The fourth-order valence-corrected chi connectivity index (χ4v) is 7.16. The van der Waals surface area contributed by atoms with E-state index < -0.39 is 43.6 Å². The van der Waals surface area contributed by atoms with Gasteiger partial charge in [-0.15, -0.1) is 0 Å². The van der Waals surface area contributed by atoms with E-state index in [4.69, 9.17) is 9.11 Å². The van der Waals surface area contributed by atoms with Crippen molar-refractivity contribution in [2.24, 2.45) is 0 Å². The van der Waals surface area contributed by atoms with E-state index in [1.54, 1.807) is 38.2 Å². The molecule has 2 aliphatic rings. The third-order valence-electron chi connectivity index (χ3n) is 9.49. The molecule has 18 heteroatoms. The topological polar surface area (TPSA) is 257 Å². The number of carbonyl (C=O) groups excluding carboxylic acids is 4. The summed E-state index contributed by atoms with van der Waals surface area (Å²) in [5.41, 5.74) is 9.18. The molecule has 4 rings (SSSR count). The minimum absolute atomic E-state index is 0.0196. The van der Waals surface area contributed by atoms with E-state index in [2.05, 4.69) is 44.4 Å². The maximum absolute atomic E-state index is 12.8. The highest BCUT2D eigenvalue weighted by atomic mass is 32.2. The van der Waals surface area contributed by atoms with Gasteiger partial charge in [0.05, 0.1) is 22.9 Å². The highest BCUT2D eigenvalue weighted by Crippen LogP contribution is 2.31. The fraction of sp³-hybridized carbons (Fsp3) is 0.351. The Hall–Kier alpha value is -5.30. The number of H-pyrrole nitrogens is 2. The van der Waals surface area contributed by atoms with Gasteiger partial charge in [0.25, 0.3) is 32.1 Å². The Morgan fingerprint density at radius 2 is 1.04 bits per heavy atom. The first-order valence-electron chi connectivity index (χ1n) is 17.3. The van der Waals surface area contributed by atoms with E-state index in [0.29, 0.717) is 56.5 Å². The summed E-state index contributed by atoms with van der Waals surface area (Å²) in [5, 5.41) is 10.7. The Balaban J connectivity index is 1.75. The van der Waals surface area contributed by atoms with Crippen LogP contribution in [0.4, 0.5) is 0 Å². The van der Waals surface area contributed by atoms with Crippen LogP contribution in [0.5, 0.6) is 0 Å². The molecule has 2 aromatic heterocycles. The molecule has 0 fully saturated rings. The number of amides is 4. The second-order valence-electron chi connectivity index (χ2n) is 13.2. The molecule has 296 valence electrons. The van der Waals surface area contributed by atoms with E-state index in [0.717, 1.165) is 22.3 Å². The van der Waals surface area contributed by atoms with E-state index >= 15 is 0 Å². The van der Waals surface area contributed by atoms with Crippen LogP contribution in [0.3, 0.4) is 0 Å². The molecule has 0 saturated carbocycles. The van der Waals surface area contributed by atoms with Crippen LogP contribution >= 0.6 is 0 Å². The van der Waals surface area contributed by atoms with Crippen molar-refractivity contribution in [2.75, 3.05) is 24.6 Å². The maximum Gasteiger partial charge on any atom is 0.266 e. The van der Waals surface area contributed by atoms with Gasteiger partial charge in [-0.3, -0.25) is 28.3 Å². The SMILES string of the molecule is C=CC1=C(C)C(=O)N/C1=C\c1[nH]c(Cc2[nH]c(/C=C3\NC(=O)C(C)=C3C=C)c(C)c2CCC(=O)NCCS(=O)(=O)O)c(CCC(=O)NCCS(=O)(=O)O)c1C. The van der Waals surface area contributed by atoms with Crippen LogP contribution in [-0.2, 0) is 58.7 Å². The summed E-state index contributed by atoms with van der Waals surface area (Å²) < 4.78 is 62.6. The van der Waals surface area contributed by atoms with Gasteiger partial charge < -0.3 is 31.2 Å². The van der Waals surface area contributed by atoms with E-state index in [9.17, 15) is 36.0 Å². The monoisotopic (exact) mass is 798 g/mol. The molecule has 4 heterocycles. The molecular formula is C37H46N6O10S2. The second-order valence-corrected chi connectivity index (χ2v) is 16.3. The van der Waals surface area contributed by atoms with Crippen molar-refractivity contribution in [3.05, 3.63) is 104 Å². The number of hydrogen-bond donors (Lipinski definition) is 8. The van der Waals surface area contributed by atoms with Crippen LogP contribution in [0.15, 0.2) is 59.0 Å². The lowest BCUT2D eigenvalue weighted by molar-refractivity contribution is -0.121. The van der Waals surface area contributed by atoms with Crippen LogP contribution in [-0.4, -0.2) is 84.1 Å². The van der Waals surface area contributed by atoms with Crippen molar-refractivity contribution in [2.45, 2.75) is 59.8 Å². The highest BCUT2D eigenvalue weighted by molar-refractivity contribution is 7.86. The first kappa shape index (κ1) is 42.4. The molecule has 0 saturated heterocycles. The van der Waals surface area contributed by atoms with Gasteiger partial charge in [-0.1, -0.05) is 25.3 Å². The molecule has 0 radical (unpaired) electrons. The Kier molecular flexibility index (Phi) is 13.5. The summed E-state index contributed by atoms with van der Waals surface area (Å²) in [4.78, 5) is 57.4. The normalized spacial score (nSPS) is 16.3. The summed E-state index contributed by atoms with van der Waals surface area (Å²) >= 11 is 0. The molecule has 0 unspecified atom stereocenters. The van der Waals surface area contributed by atoms with Crippen LogP contribution in [0.2, 0.25) is 0 Å². The van der Waals surface area contributed by atoms with Crippen molar-refractivity contribution < 1.29 is 45.1 Å². The van der Waals surface area contributed by atoms with E-state index in [1.165, 1.54) is 0 Å². The van der Waals surface area contributed by atoms with Gasteiger partial charge in [0.2, 0.25) is 11.8 Å². The quantitative estimate of drug-likeness (QED) is 0.102. The lowest BCUT2D eigenvalue weighted by Crippen LogP contribution is -2.29. The maximum atomic E-state index is 12.8. The van der Waals surface area contributed by atoms with Gasteiger partial charge in [-0.2, -0.15) is 16.8 Å². The number of allylic oxidation sites excluding steroid dienone is 2. The molecule has 0 aromatic carbocycles. The zero-order chi connectivity index (χ0) is 40.8.